The minimum Gasteiger partial charge on any atom is -0.343 e. The number of para-hydroxylation sites is 1. The van der Waals surface area contributed by atoms with Crippen molar-refractivity contribution in [1.29, 1.82) is 0 Å². The third-order valence-corrected chi connectivity index (χ3v) is 7.13. The molecule has 1 saturated heterocycles. The van der Waals surface area contributed by atoms with Crippen molar-refractivity contribution in [2.24, 2.45) is 0 Å². The van der Waals surface area contributed by atoms with E-state index in [1.165, 1.54) is 0 Å². The van der Waals surface area contributed by atoms with Crippen LogP contribution in [0.1, 0.15) is 44.4 Å². The number of anilines is 2. The highest BCUT2D eigenvalue weighted by Gasteiger charge is 2.32. The topological polar surface area (TPSA) is 75.4 Å². The number of hydrogen-bond donors (Lipinski definition) is 1. The summed E-state index contributed by atoms with van der Waals surface area (Å²) in [4.78, 5) is 28.1. The van der Waals surface area contributed by atoms with E-state index in [1.54, 1.807) is 19.4 Å². The van der Waals surface area contributed by atoms with Gasteiger partial charge in [-0.2, -0.15) is 0 Å². The number of carbonyl (C=O) groups excluding carboxylic acids is 1. The molecule has 4 heterocycles. The third kappa shape index (κ3) is 3.91. The van der Waals surface area contributed by atoms with Gasteiger partial charge in [0.05, 0.1) is 16.9 Å². The fraction of sp³-hybridized carbons (Fsp3) is 0.360. The molecule has 7 nitrogen and oxygen atoms in total. The number of likely N-dealkylation sites (tertiary alicyclic amines) is 1. The Kier molecular flexibility index (Phi) is 5.44. The molecule has 0 bridgehead atoms. The van der Waals surface area contributed by atoms with Crippen LogP contribution in [0.15, 0.2) is 42.9 Å². The maximum Gasteiger partial charge on any atom is 0.219 e. The van der Waals surface area contributed by atoms with E-state index in [0.717, 1.165) is 66.0 Å². The highest BCUT2D eigenvalue weighted by molar-refractivity contribution is 6.33. The summed E-state index contributed by atoms with van der Waals surface area (Å²) in [7, 11) is 0. The van der Waals surface area contributed by atoms with Crippen LogP contribution in [0.5, 0.6) is 0 Å². The number of halogens is 1. The number of carbonyl (C=O) groups is 1. The Labute approximate surface area is 197 Å². The summed E-state index contributed by atoms with van der Waals surface area (Å²) < 4.78 is 1.97. The van der Waals surface area contributed by atoms with Crippen molar-refractivity contribution < 1.29 is 4.79 Å². The van der Waals surface area contributed by atoms with Crippen LogP contribution in [-0.2, 0) is 10.2 Å². The van der Waals surface area contributed by atoms with E-state index in [1.807, 2.05) is 40.5 Å². The summed E-state index contributed by atoms with van der Waals surface area (Å²) in [6, 6.07) is 9.91. The summed E-state index contributed by atoms with van der Waals surface area (Å²) in [6.45, 7) is 7.47. The number of aromatic nitrogens is 4. The van der Waals surface area contributed by atoms with Crippen molar-refractivity contribution >= 4 is 45.7 Å². The molecule has 1 fully saturated rings. The van der Waals surface area contributed by atoms with Crippen LogP contribution in [0.2, 0.25) is 5.02 Å². The van der Waals surface area contributed by atoms with Gasteiger partial charge >= 0.3 is 0 Å². The van der Waals surface area contributed by atoms with Gasteiger partial charge in [-0.1, -0.05) is 30.7 Å². The van der Waals surface area contributed by atoms with Gasteiger partial charge in [-0.25, -0.2) is 15.0 Å². The van der Waals surface area contributed by atoms with Crippen molar-refractivity contribution in [3.05, 3.63) is 59.1 Å². The molecule has 1 amide bonds. The smallest absolute Gasteiger partial charge is 0.219 e. The van der Waals surface area contributed by atoms with Crippen LogP contribution in [-0.4, -0.2) is 43.2 Å². The molecule has 0 radical (unpaired) electrons. The minimum atomic E-state index is -0.100. The second kappa shape index (κ2) is 8.30. The monoisotopic (exact) mass is 462 g/mol. The number of rotatable bonds is 3. The average molecular weight is 463 g/mol. The first kappa shape index (κ1) is 21.6. The molecule has 0 saturated carbocycles. The standard InChI is InChI=1S/C25H27ClN6O/c1-16-6-4-7-18(26)22(16)30-23-20-14-27-15-32(20)24-19(28-23)8-9-21(29-24)25(3)10-5-12-31(13-11-25)17(2)33/h4,6-9,14-15H,5,10-13H2,1-3H3,(H,28,30). The van der Waals surface area contributed by atoms with E-state index in [-0.39, 0.29) is 11.3 Å². The Hall–Kier alpha value is -3.19. The lowest BCUT2D eigenvalue weighted by Gasteiger charge is -2.28. The predicted octanol–water partition coefficient (Wildman–Crippen LogP) is 5.27. The zero-order valence-electron chi connectivity index (χ0n) is 19.1. The van der Waals surface area contributed by atoms with Gasteiger partial charge in [-0.15, -0.1) is 0 Å². The molecule has 3 aromatic heterocycles. The van der Waals surface area contributed by atoms with E-state index < -0.39 is 0 Å². The second-order valence-electron chi connectivity index (χ2n) is 9.13. The zero-order valence-corrected chi connectivity index (χ0v) is 19.9. The van der Waals surface area contributed by atoms with Crippen molar-refractivity contribution in [2.45, 2.75) is 45.4 Å². The van der Waals surface area contributed by atoms with E-state index in [4.69, 9.17) is 21.6 Å². The van der Waals surface area contributed by atoms with Gasteiger partial charge in [0, 0.05) is 31.1 Å². The molecule has 170 valence electrons. The van der Waals surface area contributed by atoms with Crippen molar-refractivity contribution in [1.82, 2.24) is 24.3 Å². The molecule has 1 unspecified atom stereocenters. The molecule has 0 aliphatic carbocycles. The van der Waals surface area contributed by atoms with Crippen molar-refractivity contribution in [3.63, 3.8) is 0 Å². The zero-order chi connectivity index (χ0) is 23.2. The van der Waals surface area contributed by atoms with Gasteiger partial charge in [-0.05, 0) is 49.9 Å². The SMILES string of the molecule is CC(=O)N1CCCC(C)(c2ccc3nc(Nc4c(C)cccc4Cl)c4cncn4c3n2)CC1. The number of benzene rings is 1. The normalized spacial score (nSPS) is 19.1. The predicted molar refractivity (Wildman–Crippen MR) is 131 cm³/mol. The number of fused-ring (bicyclic) bond motifs is 3. The van der Waals surface area contributed by atoms with Crippen LogP contribution >= 0.6 is 11.6 Å². The van der Waals surface area contributed by atoms with Crippen LogP contribution in [0.25, 0.3) is 16.7 Å². The Balaban J connectivity index is 1.56. The Bertz CT molecular complexity index is 1350. The quantitative estimate of drug-likeness (QED) is 0.448. The molecule has 0 spiro atoms. The Morgan fingerprint density at radius 3 is 2.79 bits per heavy atom. The summed E-state index contributed by atoms with van der Waals surface area (Å²) in [5, 5.41) is 4.04. The van der Waals surface area contributed by atoms with Crippen LogP contribution in [0.3, 0.4) is 0 Å². The summed E-state index contributed by atoms with van der Waals surface area (Å²) in [5.74, 6) is 0.826. The maximum atomic E-state index is 11.9. The van der Waals surface area contributed by atoms with E-state index >= 15 is 0 Å². The number of imidazole rings is 1. The number of aryl methyl sites for hydroxylation is 1. The summed E-state index contributed by atoms with van der Waals surface area (Å²) >= 11 is 6.44. The van der Waals surface area contributed by atoms with E-state index in [2.05, 4.69) is 23.3 Å². The van der Waals surface area contributed by atoms with E-state index in [9.17, 15) is 4.79 Å². The van der Waals surface area contributed by atoms with Gasteiger partial charge in [0.1, 0.15) is 17.4 Å². The van der Waals surface area contributed by atoms with Gasteiger partial charge in [0.15, 0.2) is 11.5 Å². The minimum absolute atomic E-state index is 0.100. The molecule has 1 aromatic carbocycles. The molecule has 1 aliphatic rings. The van der Waals surface area contributed by atoms with Gasteiger partial charge in [-0.3, -0.25) is 9.20 Å². The lowest BCUT2D eigenvalue weighted by atomic mass is 9.79. The highest BCUT2D eigenvalue weighted by Crippen LogP contribution is 2.36. The van der Waals surface area contributed by atoms with Crippen molar-refractivity contribution in [3.8, 4) is 0 Å². The first-order valence-corrected chi connectivity index (χ1v) is 11.6. The average Bonchev–Trinajstić information content (AvgIpc) is 3.20. The molecule has 5 rings (SSSR count). The molecule has 1 atom stereocenters. The number of amides is 1. The molecular weight excluding hydrogens is 436 g/mol. The molecular formula is C25H27ClN6O. The first-order valence-electron chi connectivity index (χ1n) is 11.3. The van der Waals surface area contributed by atoms with Gasteiger partial charge in [0.2, 0.25) is 5.91 Å². The molecule has 1 N–H and O–H groups in total. The third-order valence-electron chi connectivity index (χ3n) is 6.82. The molecule has 4 aromatic rings. The highest BCUT2D eigenvalue weighted by atomic mass is 35.5. The maximum absolute atomic E-state index is 11.9. The number of pyridine rings is 1. The fourth-order valence-electron chi connectivity index (χ4n) is 4.71. The van der Waals surface area contributed by atoms with E-state index in [0.29, 0.717) is 10.8 Å². The van der Waals surface area contributed by atoms with Gasteiger partial charge in [0.25, 0.3) is 0 Å². The van der Waals surface area contributed by atoms with Crippen LogP contribution < -0.4 is 5.32 Å². The number of nitrogens with one attached hydrogen (secondary N) is 1. The largest absolute Gasteiger partial charge is 0.343 e. The van der Waals surface area contributed by atoms with Crippen LogP contribution in [0.4, 0.5) is 11.5 Å². The van der Waals surface area contributed by atoms with Crippen LogP contribution in [0, 0.1) is 6.92 Å². The fourth-order valence-corrected chi connectivity index (χ4v) is 4.98. The van der Waals surface area contributed by atoms with Gasteiger partial charge < -0.3 is 10.2 Å². The molecule has 1 aliphatic heterocycles. The number of nitrogens with zero attached hydrogens (tertiary/aromatic N) is 5. The Morgan fingerprint density at radius 2 is 2.00 bits per heavy atom. The number of hydrogen-bond acceptors (Lipinski definition) is 5. The Morgan fingerprint density at radius 1 is 1.15 bits per heavy atom. The lowest BCUT2D eigenvalue weighted by Crippen LogP contribution is -2.31. The first-order chi connectivity index (χ1) is 15.9. The van der Waals surface area contributed by atoms with Crippen molar-refractivity contribution in [2.75, 3.05) is 18.4 Å². The molecule has 8 heteroatoms. The molecule has 33 heavy (non-hydrogen) atoms. The second-order valence-corrected chi connectivity index (χ2v) is 9.53. The summed E-state index contributed by atoms with van der Waals surface area (Å²) in [6.07, 6.45) is 6.40. The summed E-state index contributed by atoms with van der Waals surface area (Å²) in [5.41, 5.74) is 5.18. The lowest BCUT2D eigenvalue weighted by molar-refractivity contribution is -0.128.